The van der Waals surface area contributed by atoms with Gasteiger partial charge in [0.1, 0.15) is 13.2 Å². The minimum atomic E-state index is -1.53. The second-order valence-corrected chi connectivity index (χ2v) is 17.8. The summed E-state index contributed by atoms with van der Waals surface area (Å²) in [5, 5.41) is 9.66. The van der Waals surface area contributed by atoms with Gasteiger partial charge in [0.05, 0.1) is 34.4 Å². The monoisotopic (exact) mass is 909 g/mol. The second kappa shape index (κ2) is 46.7. The Labute approximate surface area is 397 Å². The number of unbranched alkanes of at least 4 members (excludes halogenated alkanes) is 14. The van der Waals surface area contributed by atoms with E-state index in [1.807, 2.05) is 21.1 Å². The summed E-state index contributed by atoms with van der Waals surface area (Å²) >= 11 is 0. The summed E-state index contributed by atoms with van der Waals surface area (Å²) in [4.78, 5) is 37.2. The fraction of sp³-hybridized carbons (Fsp3) is 0.661. The largest absolute Gasteiger partial charge is 0.477 e. The molecule has 0 aliphatic carbocycles. The molecule has 0 aliphatic heterocycles. The van der Waals surface area contributed by atoms with E-state index in [9.17, 15) is 19.5 Å². The molecule has 0 aromatic heterocycles. The Kier molecular flexibility index (Phi) is 44.0. The molecule has 0 aromatic carbocycles. The van der Waals surface area contributed by atoms with Crippen LogP contribution in [0.4, 0.5) is 0 Å². The summed E-state index contributed by atoms with van der Waals surface area (Å²) in [5.41, 5.74) is 0. The number of quaternary nitrogens is 1. The van der Waals surface area contributed by atoms with E-state index in [4.69, 9.17) is 18.9 Å². The number of hydrogen-bond acceptors (Lipinski definition) is 7. The summed E-state index contributed by atoms with van der Waals surface area (Å²) < 4.78 is 22.7. The summed E-state index contributed by atoms with van der Waals surface area (Å²) in [6, 6.07) is 0. The van der Waals surface area contributed by atoms with Gasteiger partial charge in [0.2, 0.25) is 0 Å². The Morgan fingerprint density at radius 2 is 0.877 bits per heavy atom. The third-order valence-electron chi connectivity index (χ3n) is 10.4. The molecule has 0 saturated heterocycles. The Hall–Kier alpha value is -3.79. The highest BCUT2D eigenvalue weighted by Crippen LogP contribution is 2.14. The van der Waals surface area contributed by atoms with Gasteiger partial charge in [0.25, 0.3) is 6.29 Å². The molecule has 0 heterocycles. The topological polar surface area (TPSA) is 108 Å². The smallest absolute Gasteiger partial charge is 0.361 e. The van der Waals surface area contributed by atoms with E-state index in [1.165, 1.54) is 64.2 Å². The highest BCUT2D eigenvalue weighted by atomic mass is 16.7. The fourth-order valence-electron chi connectivity index (χ4n) is 6.44. The molecular weight excluding hydrogens is 815 g/mol. The highest BCUT2D eigenvalue weighted by Gasteiger charge is 2.25. The molecule has 0 bridgehead atoms. The standard InChI is InChI=1S/C56H93NO8/c1-6-8-10-12-14-16-18-20-21-22-23-24-25-26-27-28-29-30-31-32-33-35-37-39-41-43-45-47-54(59)65-52(51-64-56(55(60)61)62-49-48-57(3,4)5)50-63-53(58)46-44-42-40-38-36-34-19-17-15-13-11-9-7-2/h8,10,14,16,20-21,23-24,26-27,29-30,32-33,37,39,52,56H,6-7,9,11-13,15,17-19,22,25,28,31,34-36,38,40-51H2,1-5H3/p+1/b10-8-,16-14-,21-20-,24-23-,27-26-,30-29-,33-32-,39-37-. The van der Waals surface area contributed by atoms with Crippen molar-refractivity contribution in [1.82, 2.24) is 0 Å². The molecule has 0 saturated carbocycles. The van der Waals surface area contributed by atoms with Crippen molar-refractivity contribution < 1.29 is 42.9 Å². The summed E-state index contributed by atoms with van der Waals surface area (Å²) in [7, 11) is 5.94. The normalized spacial score (nSPS) is 13.7. The number of rotatable bonds is 45. The zero-order valence-corrected chi connectivity index (χ0v) is 41.9. The molecule has 65 heavy (non-hydrogen) atoms. The summed E-state index contributed by atoms with van der Waals surface area (Å²) in [6.45, 7) is 4.69. The molecule has 0 amide bonds. The van der Waals surface area contributed by atoms with E-state index < -0.39 is 24.3 Å². The predicted molar refractivity (Wildman–Crippen MR) is 272 cm³/mol. The van der Waals surface area contributed by atoms with Crippen LogP contribution >= 0.6 is 0 Å². The zero-order chi connectivity index (χ0) is 47.7. The van der Waals surface area contributed by atoms with Crippen molar-refractivity contribution in [3.8, 4) is 0 Å². The maximum Gasteiger partial charge on any atom is 0.361 e. The number of carboxylic acids is 1. The molecule has 0 spiro atoms. The number of ether oxygens (including phenoxy) is 4. The molecule has 0 rings (SSSR count). The van der Waals surface area contributed by atoms with Crippen LogP contribution in [0.25, 0.3) is 0 Å². The number of hydrogen-bond donors (Lipinski definition) is 1. The van der Waals surface area contributed by atoms with E-state index in [0.29, 0.717) is 17.4 Å². The van der Waals surface area contributed by atoms with Crippen molar-refractivity contribution >= 4 is 17.9 Å². The predicted octanol–water partition coefficient (Wildman–Crippen LogP) is 14.2. The maximum atomic E-state index is 12.8. The van der Waals surface area contributed by atoms with Gasteiger partial charge in [-0.1, -0.05) is 188 Å². The molecule has 0 aromatic rings. The van der Waals surface area contributed by atoms with Crippen LogP contribution in [0.1, 0.15) is 181 Å². The van der Waals surface area contributed by atoms with Gasteiger partial charge >= 0.3 is 17.9 Å². The maximum absolute atomic E-state index is 12.8. The van der Waals surface area contributed by atoms with E-state index >= 15 is 0 Å². The third-order valence-corrected chi connectivity index (χ3v) is 10.4. The summed E-state index contributed by atoms with van der Waals surface area (Å²) in [6.07, 6.45) is 59.0. The average Bonchev–Trinajstić information content (AvgIpc) is 3.27. The number of likely N-dealkylation sites (N-methyl/N-ethyl adjacent to an activating group) is 1. The van der Waals surface area contributed by atoms with E-state index in [0.717, 1.165) is 83.5 Å². The van der Waals surface area contributed by atoms with E-state index in [2.05, 4.69) is 111 Å². The van der Waals surface area contributed by atoms with Crippen molar-refractivity contribution in [2.45, 2.75) is 193 Å². The number of nitrogens with zero attached hydrogens (tertiary/aromatic N) is 1. The lowest BCUT2D eigenvalue weighted by Gasteiger charge is -2.25. The van der Waals surface area contributed by atoms with E-state index in [-0.39, 0.29) is 38.6 Å². The van der Waals surface area contributed by atoms with Crippen LogP contribution in [0.15, 0.2) is 97.2 Å². The van der Waals surface area contributed by atoms with Crippen molar-refractivity contribution in [1.29, 1.82) is 0 Å². The summed E-state index contributed by atoms with van der Waals surface area (Å²) in [5.74, 6) is -2.08. The van der Waals surface area contributed by atoms with Gasteiger partial charge in [-0.3, -0.25) is 9.59 Å². The zero-order valence-electron chi connectivity index (χ0n) is 41.9. The number of carboxylic acid groups (broad SMARTS) is 1. The first-order chi connectivity index (χ1) is 31.6. The van der Waals surface area contributed by atoms with Crippen molar-refractivity contribution in [3.05, 3.63) is 97.2 Å². The first kappa shape index (κ1) is 61.2. The minimum Gasteiger partial charge on any atom is -0.477 e. The molecule has 370 valence electrons. The van der Waals surface area contributed by atoms with Crippen LogP contribution in [0.5, 0.6) is 0 Å². The fourth-order valence-corrected chi connectivity index (χ4v) is 6.44. The Bertz CT molecular complexity index is 1380. The third kappa shape index (κ3) is 48.0. The number of carbonyl (C=O) groups excluding carboxylic acids is 2. The van der Waals surface area contributed by atoms with Gasteiger partial charge in [0, 0.05) is 12.8 Å². The lowest BCUT2D eigenvalue weighted by atomic mass is 10.0. The van der Waals surface area contributed by atoms with Crippen LogP contribution in [0.2, 0.25) is 0 Å². The SMILES string of the molecule is CC/C=C\C/C=C\C/C=C\C/C=C\C/C=C\C/C=C\C/C=C\C/C=C\CCCCC(=O)OC(COC(=O)CCCCCCCCCCCCCCC)COC(OCC[N+](C)(C)C)C(=O)O. The second-order valence-electron chi connectivity index (χ2n) is 17.8. The van der Waals surface area contributed by atoms with Crippen LogP contribution in [-0.2, 0) is 33.3 Å². The van der Waals surface area contributed by atoms with Crippen LogP contribution < -0.4 is 0 Å². The Morgan fingerprint density at radius 1 is 0.477 bits per heavy atom. The van der Waals surface area contributed by atoms with Crippen LogP contribution in [0, 0.1) is 0 Å². The van der Waals surface area contributed by atoms with Gasteiger partial charge < -0.3 is 28.5 Å². The molecule has 1 N–H and O–H groups in total. The first-order valence-corrected chi connectivity index (χ1v) is 25.4. The van der Waals surface area contributed by atoms with Crippen LogP contribution in [0.3, 0.4) is 0 Å². The number of allylic oxidation sites excluding steroid dienone is 16. The van der Waals surface area contributed by atoms with Crippen molar-refractivity contribution in [2.24, 2.45) is 0 Å². The average molecular weight is 909 g/mol. The number of esters is 2. The van der Waals surface area contributed by atoms with Crippen molar-refractivity contribution in [2.75, 3.05) is 47.5 Å². The number of aliphatic carboxylic acids is 1. The first-order valence-electron chi connectivity index (χ1n) is 25.4. The molecule has 2 unspecified atom stereocenters. The molecule has 0 radical (unpaired) electrons. The van der Waals surface area contributed by atoms with Gasteiger partial charge in [-0.2, -0.15) is 0 Å². The molecule has 9 heteroatoms. The van der Waals surface area contributed by atoms with Gasteiger partial charge in [-0.05, 0) is 77.0 Å². The number of carbonyl (C=O) groups is 3. The lowest BCUT2D eigenvalue weighted by molar-refractivity contribution is -0.870. The minimum absolute atomic E-state index is 0.175. The van der Waals surface area contributed by atoms with E-state index in [1.54, 1.807) is 0 Å². The van der Waals surface area contributed by atoms with Gasteiger partial charge in [0.15, 0.2) is 6.10 Å². The molecule has 2 atom stereocenters. The van der Waals surface area contributed by atoms with Gasteiger partial charge in [-0.25, -0.2) is 4.79 Å². The Balaban J connectivity index is 4.44. The van der Waals surface area contributed by atoms with Crippen LogP contribution in [-0.4, -0.2) is 87.4 Å². The quantitative estimate of drug-likeness (QED) is 0.0212. The lowest BCUT2D eigenvalue weighted by Crippen LogP contribution is -2.40. The Morgan fingerprint density at radius 3 is 1.31 bits per heavy atom. The molecule has 0 aliphatic rings. The molecular formula is C56H94NO8+. The molecule has 0 fully saturated rings. The van der Waals surface area contributed by atoms with Crippen molar-refractivity contribution in [3.63, 3.8) is 0 Å². The molecule has 9 nitrogen and oxygen atoms in total. The highest BCUT2D eigenvalue weighted by molar-refractivity contribution is 5.71. The van der Waals surface area contributed by atoms with Gasteiger partial charge in [-0.15, -0.1) is 0 Å².